The highest BCUT2D eigenvalue weighted by molar-refractivity contribution is 9.10. The van der Waals surface area contributed by atoms with Crippen LogP contribution in [0.4, 0.5) is 16.2 Å². The second-order valence-corrected chi connectivity index (χ2v) is 5.25. The van der Waals surface area contributed by atoms with E-state index in [0.29, 0.717) is 0 Å². The van der Waals surface area contributed by atoms with Crippen LogP contribution >= 0.6 is 15.9 Å². The zero-order chi connectivity index (χ0) is 13.8. The zero-order valence-corrected chi connectivity index (χ0v) is 12.4. The third-order valence-corrected chi connectivity index (χ3v) is 3.30. The van der Waals surface area contributed by atoms with E-state index in [1.165, 1.54) is 5.56 Å². The van der Waals surface area contributed by atoms with E-state index in [1.807, 2.05) is 55.5 Å². The van der Waals surface area contributed by atoms with Crippen LogP contribution in [0.2, 0.25) is 0 Å². The minimum atomic E-state index is -0.165. The molecule has 4 heteroatoms. The Morgan fingerprint density at radius 2 is 1.84 bits per heavy atom. The van der Waals surface area contributed by atoms with Gasteiger partial charge in [0, 0.05) is 22.9 Å². The Kier molecular flexibility index (Phi) is 4.22. The molecule has 0 bridgehead atoms. The fourth-order valence-corrected chi connectivity index (χ4v) is 2.03. The van der Waals surface area contributed by atoms with Gasteiger partial charge in [0.1, 0.15) is 0 Å². The first kappa shape index (κ1) is 13.6. The highest BCUT2D eigenvalue weighted by atomic mass is 79.9. The van der Waals surface area contributed by atoms with Gasteiger partial charge in [-0.2, -0.15) is 0 Å². The molecule has 2 aromatic carbocycles. The van der Waals surface area contributed by atoms with E-state index in [0.717, 1.165) is 15.8 Å². The number of aryl methyl sites for hydroxylation is 1. The topological polar surface area (TPSA) is 32.3 Å². The highest BCUT2D eigenvalue weighted by Gasteiger charge is 2.10. The van der Waals surface area contributed by atoms with Crippen LogP contribution in [0.1, 0.15) is 5.56 Å². The minimum absolute atomic E-state index is 0.165. The summed E-state index contributed by atoms with van der Waals surface area (Å²) in [5, 5.41) is 2.86. The van der Waals surface area contributed by atoms with Gasteiger partial charge in [-0.25, -0.2) is 4.79 Å². The first-order valence-corrected chi connectivity index (χ1v) is 6.72. The molecule has 3 nitrogen and oxygen atoms in total. The summed E-state index contributed by atoms with van der Waals surface area (Å²) < 4.78 is 0.944. The maximum absolute atomic E-state index is 12.1. The van der Waals surface area contributed by atoms with Crippen LogP contribution in [0.5, 0.6) is 0 Å². The standard InChI is InChI=1S/C15H15BrN2O/c1-11-6-8-13(9-7-11)17-15(19)18(2)14-5-3-4-12(16)10-14/h3-10H,1-2H3,(H,17,19). The van der Waals surface area contributed by atoms with Crippen molar-refractivity contribution in [3.8, 4) is 0 Å². The summed E-state index contributed by atoms with van der Waals surface area (Å²) >= 11 is 3.40. The molecule has 2 aromatic rings. The van der Waals surface area contributed by atoms with Crippen molar-refractivity contribution in [3.63, 3.8) is 0 Å². The number of hydrogen-bond acceptors (Lipinski definition) is 1. The van der Waals surface area contributed by atoms with E-state index in [-0.39, 0.29) is 6.03 Å². The molecule has 0 aliphatic carbocycles. The predicted molar refractivity (Wildman–Crippen MR) is 82.7 cm³/mol. The minimum Gasteiger partial charge on any atom is -0.308 e. The van der Waals surface area contributed by atoms with Gasteiger partial charge in [0.25, 0.3) is 0 Å². The Morgan fingerprint density at radius 1 is 1.16 bits per heavy atom. The predicted octanol–water partition coefficient (Wildman–Crippen LogP) is 4.43. The Balaban J connectivity index is 2.09. The van der Waals surface area contributed by atoms with Crippen LogP contribution in [-0.2, 0) is 0 Å². The Morgan fingerprint density at radius 3 is 2.47 bits per heavy atom. The lowest BCUT2D eigenvalue weighted by molar-refractivity contribution is 0.258. The van der Waals surface area contributed by atoms with Crippen LogP contribution in [0.3, 0.4) is 0 Å². The van der Waals surface area contributed by atoms with E-state index < -0.39 is 0 Å². The van der Waals surface area contributed by atoms with Crippen LogP contribution in [0, 0.1) is 6.92 Å². The second kappa shape index (κ2) is 5.89. The average Bonchev–Trinajstić information content (AvgIpc) is 2.40. The lowest BCUT2D eigenvalue weighted by Gasteiger charge is -2.18. The van der Waals surface area contributed by atoms with E-state index >= 15 is 0 Å². The first-order valence-electron chi connectivity index (χ1n) is 5.93. The summed E-state index contributed by atoms with van der Waals surface area (Å²) in [6, 6.07) is 15.2. The van der Waals surface area contributed by atoms with Gasteiger partial charge in [-0.3, -0.25) is 4.90 Å². The molecule has 0 heterocycles. The number of urea groups is 1. The molecular weight excluding hydrogens is 304 g/mol. The molecule has 0 unspecified atom stereocenters. The largest absolute Gasteiger partial charge is 0.326 e. The number of nitrogens with zero attached hydrogens (tertiary/aromatic N) is 1. The lowest BCUT2D eigenvalue weighted by Crippen LogP contribution is -2.31. The highest BCUT2D eigenvalue weighted by Crippen LogP contribution is 2.19. The number of amides is 2. The van der Waals surface area contributed by atoms with Gasteiger partial charge >= 0.3 is 6.03 Å². The molecule has 19 heavy (non-hydrogen) atoms. The van der Waals surface area contributed by atoms with Crippen LogP contribution in [0.15, 0.2) is 53.0 Å². The summed E-state index contributed by atoms with van der Waals surface area (Å²) in [7, 11) is 1.74. The van der Waals surface area contributed by atoms with Crippen molar-refractivity contribution in [1.82, 2.24) is 0 Å². The molecule has 0 fully saturated rings. The SMILES string of the molecule is Cc1ccc(NC(=O)N(C)c2cccc(Br)c2)cc1. The van der Waals surface area contributed by atoms with Gasteiger partial charge in [-0.1, -0.05) is 39.7 Å². The summed E-state index contributed by atoms with van der Waals surface area (Å²) in [4.78, 5) is 13.7. The third-order valence-electron chi connectivity index (χ3n) is 2.80. The molecule has 0 saturated carbocycles. The van der Waals surface area contributed by atoms with Gasteiger partial charge in [-0.15, -0.1) is 0 Å². The molecule has 0 aliphatic heterocycles. The van der Waals surface area contributed by atoms with Crippen molar-refractivity contribution in [2.24, 2.45) is 0 Å². The maximum atomic E-state index is 12.1. The molecule has 0 aliphatic rings. The van der Waals surface area contributed by atoms with E-state index in [1.54, 1.807) is 11.9 Å². The molecule has 98 valence electrons. The molecule has 2 amide bonds. The van der Waals surface area contributed by atoms with Gasteiger partial charge in [0.15, 0.2) is 0 Å². The molecule has 0 spiro atoms. The van der Waals surface area contributed by atoms with E-state index in [2.05, 4.69) is 21.2 Å². The molecule has 2 rings (SSSR count). The van der Waals surface area contributed by atoms with Crippen molar-refractivity contribution in [2.75, 3.05) is 17.3 Å². The smallest absolute Gasteiger partial charge is 0.308 e. The number of anilines is 2. The van der Waals surface area contributed by atoms with Crippen LogP contribution < -0.4 is 10.2 Å². The van der Waals surface area contributed by atoms with Crippen molar-refractivity contribution in [1.29, 1.82) is 0 Å². The molecular formula is C15H15BrN2O. The molecule has 0 aromatic heterocycles. The van der Waals surface area contributed by atoms with Crippen molar-refractivity contribution in [2.45, 2.75) is 6.92 Å². The van der Waals surface area contributed by atoms with E-state index in [4.69, 9.17) is 0 Å². The van der Waals surface area contributed by atoms with Crippen LogP contribution in [0.25, 0.3) is 0 Å². The summed E-state index contributed by atoms with van der Waals surface area (Å²) in [6.45, 7) is 2.01. The third kappa shape index (κ3) is 3.58. The van der Waals surface area contributed by atoms with Gasteiger partial charge in [0.2, 0.25) is 0 Å². The maximum Gasteiger partial charge on any atom is 0.326 e. The number of hydrogen-bond donors (Lipinski definition) is 1. The number of benzene rings is 2. The summed E-state index contributed by atoms with van der Waals surface area (Å²) in [5.74, 6) is 0. The van der Waals surface area contributed by atoms with Gasteiger partial charge in [0.05, 0.1) is 0 Å². The van der Waals surface area contributed by atoms with Crippen LogP contribution in [-0.4, -0.2) is 13.1 Å². The fraction of sp³-hybridized carbons (Fsp3) is 0.133. The number of rotatable bonds is 2. The van der Waals surface area contributed by atoms with Gasteiger partial charge in [-0.05, 0) is 37.3 Å². The number of carbonyl (C=O) groups excluding carboxylic acids is 1. The Bertz CT molecular complexity index is 581. The zero-order valence-electron chi connectivity index (χ0n) is 10.9. The summed E-state index contributed by atoms with van der Waals surface area (Å²) in [5.41, 5.74) is 2.79. The van der Waals surface area contributed by atoms with E-state index in [9.17, 15) is 4.79 Å². The monoisotopic (exact) mass is 318 g/mol. The van der Waals surface area contributed by atoms with Gasteiger partial charge < -0.3 is 5.32 Å². The normalized spacial score (nSPS) is 10.1. The summed E-state index contributed by atoms with van der Waals surface area (Å²) in [6.07, 6.45) is 0. The van der Waals surface area contributed by atoms with Crippen molar-refractivity contribution in [3.05, 3.63) is 58.6 Å². The Labute approximate surface area is 121 Å². The molecule has 0 radical (unpaired) electrons. The molecule has 1 N–H and O–H groups in total. The number of halogens is 1. The van der Waals surface area contributed by atoms with Crippen molar-refractivity contribution < 1.29 is 4.79 Å². The first-order chi connectivity index (χ1) is 9.06. The Hall–Kier alpha value is -1.81. The molecule has 0 atom stereocenters. The fourth-order valence-electron chi connectivity index (χ4n) is 1.65. The molecule has 0 saturated heterocycles. The number of carbonyl (C=O) groups is 1. The quantitative estimate of drug-likeness (QED) is 0.873. The average molecular weight is 319 g/mol. The number of nitrogens with one attached hydrogen (secondary N) is 1. The van der Waals surface area contributed by atoms with Crippen molar-refractivity contribution >= 4 is 33.3 Å². The lowest BCUT2D eigenvalue weighted by atomic mass is 10.2. The second-order valence-electron chi connectivity index (χ2n) is 4.34.